The van der Waals surface area contributed by atoms with E-state index < -0.39 is 20.6 Å². The van der Waals surface area contributed by atoms with Gasteiger partial charge in [-0.15, -0.1) is 0 Å². The second-order valence-corrected chi connectivity index (χ2v) is 8.12. The molecule has 0 saturated heterocycles. The van der Waals surface area contributed by atoms with E-state index in [-0.39, 0.29) is 4.90 Å². The summed E-state index contributed by atoms with van der Waals surface area (Å²) in [5, 5.41) is 0. The average molecular weight is 308 g/mol. The minimum atomic E-state index is -3.20. The maximum atomic E-state index is 12.1. The summed E-state index contributed by atoms with van der Waals surface area (Å²) in [5.74, 6) is 0.530. The third-order valence-corrected chi connectivity index (χ3v) is 5.44. The van der Waals surface area contributed by atoms with Gasteiger partial charge in [0.15, 0.2) is 9.84 Å². The summed E-state index contributed by atoms with van der Waals surface area (Å²) in [7, 11) is -4.31. The summed E-state index contributed by atoms with van der Waals surface area (Å²) in [5.41, 5.74) is 1.15. The first-order chi connectivity index (χ1) is 9.47. The predicted molar refractivity (Wildman–Crippen MR) is 81.0 cm³/mol. The second kappa shape index (κ2) is 6.33. The number of rotatable bonds is 5. The predicted octanol–water partition coefficient (Wildman–Crippen LogP) is 2.44. The molecule has 2 aromatic carbocycles. The Labute approximate surface area is 122 Å². The first-order valence-corrected chi connectivity index (χ1v) is 9.40. The van der Waals surface area contributed by atoms with E-state index in [1.165, 1.54) is 12.1 Å². The molecule has 0 saturated carbocycles. The second-order valence-electron chi connectivity index (χ2n) is 4.53. The molecule has 1 atom stereocenters. The molecular formula is C15H16O3S2. The van der Waals surface area contributed by atoms with Gasteiger partial charge in [0, 0.05) is 16.9 Å². The number of sulfone groups is 1. The summed E-state index contributed by atoms with van der Waals surface area (Å²) in [4.78, 5) is 0.912. The van der Waals surface area contributed by atoms with Crippen molar-refractivity contribution >= 4 is 20.6 Å². The quantitative estimate of drug-likeness (QED) is 0.852. The fourth-order valence-corrected chi connectivity index (χ4v) is 3.54. The highest BCUT2D eigenvalue weighted by Gasteiger charge is 2.09. The van der Waals surface area contributed by atoms with E-state index in [2.05, 4.69) is 0 Å². The van der Waals surface area contributed by atoms with Crippen LogP contribution in [0.4, 0.5) is 0 Å². The Morgan fingerprint density at radius 1 is 0.950 bits per heavy atom. The fourth-order valence-electron chi connectivity index (χ4n) is 1.81. The summed E-state index contributed by atoms with van der Waals surface area (Å²) in [6.07, 6.45) is 1.90. The highest BCUT2D eigenvalue weighted by Crippen LogP contribution is 2.14. The van der Waals surface area contributed by atoms with Crippen LogP contribution < -0.4 is 0 Å². The number of hydrogen-bond acceptors (Lipinski definition) is 3. The van der Waals surface area contributed by atoms with Gasteiger partial charge in [-0.1, -0.05) is 30.3 Å². The van der Waals surface area contributed by atoms with Crippen LogP contribution >= 0.6 is 0 Å². The monoisotopic (exact) mass is 308 g/mol. The molecule has 20 heavy (non-hydrogen) atoms. The van der Waals surface area contributed by atoms with E-state index in [4.69, 9.17) is 0 Å². The van der Waals surface area contributed by atoms with E-state index in [0.717, 1.165) is 18.2 Å². The molecule has 0 radical (unpaired) electrons. The van der Waals surface area contributed by atoms with Gasteiger partial charge >= 0.3 is 0 Å². The van der Waals surface area contributed by atoms with Gasteiger partial charge in [-0.2, -0.15) is 0 Å². The number of benzene rings is 2. The molecule has 106 valence electrons. The maximum Gasteiger partial charge on any atom is 0.175 e. The SMILES string of the molecule is CS(=O)(=O)c1ccc([S@@](=O)CCc2ccccc2)cc1. The van der Waals surface area contributed by atoms with Crippen LogP contribution in [0.25, 0.3) is 0 Å². The lowest BCUT2D eigenvalue weighted by Crippen LogP contribution is -2.03. The molecule has 2 rings (SSSR count). The maximum absolute atomic E-state index is 12.1. The van der Waals surface area contributed by atoms with Gasteiger partial charge in [-0.3, -0.25) is 4.21 Å². The van der Waals surface area contributed by atoms with Crippen molar-refractivity contribution < 1.29 is 12.6 Å². The Balaban J connectivity index is 2.03. The van der Waals surface area contributed by atoms with E-state index in [1.54, 1.807) is 12.1 Å². The zero-order valence-electron chi connectivity index (χ0n) is 11.2. The van der Waals surface area contributed by atoms with Gasteiger partial charge in [0.05, 0.1) is 15.7 Å². The highest BCUT2D eigenvalue weighted by atomic mass is 32.2. The first-order valence-electron chi connectivity index (χ1n) is 6.19. The zero-order valence-corrected chi connectivity index (χ0v) is 12.8. The van der Waals surface area contributed by atoms with Gasteiger partial charge in [0.1, 0.15) is 0 Å². The molecule has 0 unspecified atom stereocenters. The van der Waals surface area contributed by atoms with Crippen LogP contribution in [-0.4, -0.2) is 24.6 Å². The van der Waals surface area contributed by atoms with Gasteiger partial charge in [0.25, 0.3) is 0 Å². The van der Waals surface area contributed by atoms with Gasteiger partial charge < -0.3 is 0 Å². The van der Waals surface area contributed by atoms with E-state index in [1.807, 2.05) is 30.3 Å². The van der Waals surface area contributed by atoms with Crippen LogP contribution in [0, 0.1) is 0 Å². The van der Waals surface area contributed by atoms with Crippen molar-refractivity contribution in [3.05, 3.63) is 60.2 Å². The van der Waals surface area contributed by atoms with E-state index in [9.17, 15) is 12.6 Å². The molecule has 0 aliphatic heterocycles. The van der Waals surface area contributed by atoms with Gasteiger partial charge in [-0.05, 0) is 36.2 Å². The smallest absolute Gasteiger partial charge is 0.175 e. The van der Waals surface area contributed by atoms with Crippen LogP contribution in [0.15, 0.2) is 64.4 Å². The third-order valence-electron chi connectivity index (χ3n) is 2.93. The van der Waals surface area contributed by atoms with Crippen LogP contribution in [0.3, 0.4) is 0 Å². The van der Waals surface area contributed by atoms with Gasteiger partial charge in [0.2, 0.25) is 0 Å². The summed E-state index contributed by atoms with van der Waals surface area (Å²) < 4.78 is 34.8. The topological polar surface area (TPSA) is 51.2 Å². The van der Waals surface area contributed by atoms with Crippen molar-refractivity contribution in [2.75, 3.05) is 12.0 Å². The molecule has 0 aliphatic carbocycles. The Hall–Kier alpha value is -1.46. The lowest BCUT2D eigenvalue weighted by Gasteiger charge is -2.04. The molecule has 0 fully saturated rings. The molecule has 0 aromatic heterocycles. The average Bonchev–Trinajstić information content (AvgIpc) is 2.45. The number of hydrogen-bond donors (Lipinski definition) is 0. The van der Waals surface area contributed by atoms with Crippen molar-refractivity contribution in [2.24, 2.45) is 0 Å². The van der Waals surface area contributed by atoms with Crippen molar-refractivity contribution in [3.8, 4) is 0 Å². The van der Waals surface area contributed by atoms with Crippen molar-refractivity contribution in [2.45, 2.75) is 16.2 Å². The van der Waals surface area contributed by atoms with Crippen molar-refractivity contribution in [3.63, 3.8) is 0 Å². The van der Waals surface area contributed by atoms with Crippen molar-refractivity contribution in [1.29, 1.82) is 0 Å². The zero-order chi connectivity index (χ0) is 14.6. The molecule has 2 aromatic rings. The van der Waals surface area contributed by atoms with Crippen LogP contribution in [0.2, 0.25) is 0 Å². The largest absolute Gasteiger partial charge is 0.254 e. The normalized spacial score (nSPS) is 13.1. The molecule has 3 nitrogen and oxygen atoms in total. The Morgan fingerprint density at radius 3 is 2.10 bits per heavy atom. The van der Waals surface area contributed by atoms with Crippen LogP contribution in [-0.2, 0) is 27.1 Å². The number of aryl methyl sites for hydroxylation is 1. The molecule has 0 bridgehead atoms. The minimum Gasteiger partial charge on any atom is -0.254 e. The molecule has 0 aliphatic rings. The Bertz CT molecular complexity index is 690. The van der Waals surface area contributed by atoms with E-state index >= 15 is 0 Å². The van der Waals surface area contributed by atoms with Gasteiger partial charge in [-0.25, -0.2) is 8.42 Å². The molecule has 0 spiro atoms. The molecule has 5 heteroatoms. The van der Waals surface area contributed by atoms with Crippen molar-refractivity contribution in [1.82, 2.24) is 0 Å². The molecule has 0 heterocycles. The van der Waals surface area contributed by atoms with Crippen LogP contribution in [0.5, 0.6) is 0 Å². The lowest BCUT2D eigenvalue weighted by atomic mass is 10.2. The Morgan fingerprint density at radius 2 is 1.55 bits per heavy atom. The Kier molecular flexibility index (Phi) is 4.73. The third kappa shape index (κ3) is 4.02. The minimum absolute atomic E-state index is 0.251. The summed E-state index contributed by atoms with van der Waals surface area (Å²) in [6, 6.07) is 16.1. The molecular weight excluding hydrogens is 292 g/mol. The fraction of sp³-hybridized carbons (Fsp3) is 0.200. The van der Waals surface area contributed by atoms with E-state index in [0.29, 0.717) is 10.6 Å². The van der Waals surface area contributed by atoms with Crippen LogP contribution in [0.1, 0.15) is 5.56 Å². The summed E-state index contributed by atoms with van der Waals surface area (Å²) in [6.45, 7) is 0. The highest BCUT2D eigenvalue weighted by molar-refractivity contribution is 7.90. The molecule has 0 N–H and O–H groups in total. The first kappa shape index (κ1) is 14.9. The molecule has 0 amide bonds. The lowest BCUT2D eigenvalue weighted by molar-refractivity contribution is 0.601. The summed E-state index contributed by atoms with van der Waals surface area (Å²) >= 11 is 0. The standard InChI is InChI=1S/C15H16O3S2/c1-20(17,18)15-9-7-14(8-10-15)19(16)12-11-13-5-3-2-4-6-13/h2-10H,11-12H2,1H3/t19-/m0/s1.